The highest BCUT2D eigenvalue weighted by atomic mass is 16.5. The molecule has 21 heavy (non-hydrogen) atoms. The molecular weight excluding hydrogens is 262 g/mol. The van der Waals surface area contributed by atoms with E-state index >= 15 is 0 Å². The van der Waals surface area contributed by atoms with Crippen molar-refractivity contribution in [2.45, 2.75) is 26.3 Å². The minimum Gasteiger partial charge on any atom is -0.492 e. The number of nitriles is 1. The normalized spacial score (nSPS) is 16.9. The van der Waals surface area contributed by atoms with Crippen molar-refractivity contribution in [1.29, 1.82) is 5.26 Å². The quantitative estimate of drug-likeness (QED) is 0.804. The van der Waals surface area contributed by atoms with Gasteiger partial charge in [0.2, 0.25) is 0 Å². The summed E-state index contributed by atoms with van der Waals surface area (Å²) in [4.78, 5) is 4.98. The molecule has 114 valence electrons. The molecule has 1 aliphatic rings. The van der Waals surface area contributed by atoms with Crippen LogP contribution in [0.1, 0.15) is 19.4 Å². The average molecular weight is 287 g/mol. The van der Waals surface area contributed by atoms with Gasteiger partial charge in [-0.2, -0.15) is 5.26 Å². The predicted molar refractivity (Wildman–Crippen MR) is 84.4 cm³/mol. The smallest absolute Gasteiger partial charge is 0.119 e. The van der Waals surface area contributed by atoms with Crippen LogP contribution >= 0.6 is 0 Å². The van der Waals surface area contributed by atoms with Crippen molar-refractivity contribution in [3.63, 3.8) is 0 Å². The lowest BCUT2D eigenvalue weighted by molar-refractivity contribution is 0.0971. The van der Waals surface area contributed by atoms with E-state index in [2.05, 4.69) is 29.7 Å². The number of ether oxygens (including phenoxy) is 1. The van der Waals surface area contributed by atoms with E-state index in [1.165, 1.54) is 0 Å². The lowest BCUT2D eigenvalue weighted by atomic mass is 10.2. The second kappa shape index (κ2) is 8.02. The first-order valence-corrected chi connectivity index (χ1v) is 7.74. The molecule has 0 radical (unpaired) electrons. The molecule has 1 heterocycles. The van der Waals surface area contributed by atoms with E-state index in [0.717, 1.165) is 50.6 Å². The summed E-state index contributed by atoms with van der Waals surface area (Å²) in [6.07, 6.45) is 0.459. The fraction of sp³-hybridized carbons (Fsp3) is 0.588. The van der Waals surface area contributed by atoms with Gasteiger partial charge < -0.3 is 4.74 Å². The maximum atomic E-state index is 8.64. The molecule has 0 amide bonds. The van der Waals surface area contributed by atoms with Gasteiger partial charge in [-0.05, 0) is 31.5 Å². The maximum Gasteiger partial charge on any atom is 0.119 e. The minimum absolute atomic E-state index is 0.459. The van der Waals surface area contributed by atoms with Crippen molar-refractivity contribution in [1.82, 2.24) is 9.80 Å². The van der Waals surface area contributed by atoms with E-state index < -0.39 is 0 Å². The summed E-state index contributed by atoms with van der Waals surface area (Å²) in [6.45, 7) is 10.8. The molecule has 0 saturated carbocycles. The highest BCUT2D eigenvalue weighted by Crippen LogP contribution is 2.12. The van der Waals surface area contributed by atoms with Crippen LogP contribution in [0.5, 0.6) is 5.75 Å². The Labute approximate surface area is 127 Å². The second-order valence-corrected chi connectivity index (χ2v) is 5.80. The van der Waals surface area contributed by atoms with Crippen LogP contribution in [0.3, 0.4) is 0 Å². The molecule has 1 aromatic rings. The highest BCUT2D eigenvalue weighted by Gasteiger charge is 2.18. The van der Waals surface area contributed by atoms with Gasteiger partial charge in [0.15, 0.2) is 0 Å². The molecule has 1 fully saturated rings. The Hall–Kier alpha value is -1.57. The zero-order valence-corrected chi connectivity index (χ0v) is 13.1. The number of hydrogen-bond donors (Lipinski definition) is 0. The molecule has 0 unspecified atom stereocenters. The lowest BCUT2D eigenvalue weighted by Gasteiger charge is -2.36. The van der Waals surface area contributed by atoms with Crippen LogP contribution in [0.25, 0.3) is 0 Å². The highest BCUT2D eigenvalue weighted by molar-refractivity contribution is 5.28. The molecule has 1 saturated heterocycles. The van der Waals surface area contributed by atoms with Gasteiger partial charge >= 0.3 is 0 Å². The molecule has 0 atom stereocenters. The molecule has 0 bridgehead atoms. The Morgan fingerprint density at radius 3 is 2.38 bits per heavy atom. The van der Waals surface area contributed by atoms with Crippen LogP contribution < -0.4 is 4.74 Å². The molecule has 4 nitrogen and oxygen atoms in total. The Kier molecular flexibility index (Phi) is 6.04. The SMILES string of the molecule is CC(C)N1CCN(CCOc2ccc(CC#N)cc2)CC1. The number of nitrogens with zero attached hydrogens (tertiary/aromatic N) is 3. The van der Waals surface area contributed by atoms with E-state index in [1.54, 1.807) is 0 Å². The van der Waals surface area contributed by atoms with E-state index in [4.69, 9.17) is 10.00 Å². The molecule has 1 aliphatic heterocycles. The van der Waals surface area contributed by atoms with Gasteiger partial charge in [-0.15, -0.1) is 0 Å². The molecule has 0 spiro atoms. The Morgan fingerprint density at radius 2 is 1.81 bits per heavy atom. The van der Waals surface area contributed by atoms with Gasteiger partial charge in [-0.3, -0.25) is 9.80 Å². The van der Waals surface area contributed by atoms with Crippen molar-refractivity contribution in [2.75, 3.05) is 39.3 Å². The summed E-state index contributed by atoms with van der Waals surface area (Å²) in [7, 11) is 0. The number of benzene rings is 1. The van der Waals surface area contributed by atoms with Gasteiger partial charge in [0, 0.05) is 38.8 Å². The number of rotatable bonds is 6. The zero-order chi connectivity index (χ0) is 15.1. The van der Waals surface area contributed by atoms with E-state index in [-0.39, 0.29) is 0 Å². The summed E-state index contributed by atoms with van der Waals surface area (Å²) in [5.74, 6) is 0.887. The first-order valence-electron chi connectivity index (χ1n) is 7.74. The van der Waals surface area contributed by atoms with Gasteiger partial charge in [-0.1, -0.05) is 12.1 Å². The lowest BCUT2D eigenvalue weighted by Crippen LogP contribution is -2.49. The van der Waals surface area contributed by atoms with Crippen molar-refractivity contribution in [3.05, 3.63) is 29.8 Å². The van der Waals surface area contributed by atoms with Crippen LogP contribution in [0.4, 0.5) is 0 Å². The first-order chi connectivity index (χ1) is 10.2. The van der Waals surface area contributed by atoms with Gasteiger partial charge in [-0.25, -0.2) is 0 Å². The summed E-state index contributed by atoms with van der Waals surface area (Å²) in [6, 6.07) is 10.6. The van der Waals surface area contributed by atoms with Gasteiger partial charge in [0.1, 0.15) is 12.4 Å². The molecule has 0 aromatic heterocycles. The van der Waals surface area contributed by atoms with Crippen molar-refractivity contribution >= 4 is 0 Å². The third kappa shape index (κ3) is 5.04. The summed E-state index contributed by atoms with van der Waals surface area (Å²) >= 11 is 0. The van der Waals surface area contributed by atoms with E-state index in [0.29, 0.717) is 12.5 Å². The zero-order valence-electron chi connectivity index (χ0n) is 13.1. The van der Waals surface area contributed by atoms with Crippen LogP contribution in [0.15, 0.2) is 24.3 Å². The van der Waals surface area contributed by atoms with E-state index in [9.17, 15) is 0 Å². The topological polar surface area (TPSA) is 39.5 Å². The number of piperazine rings is 1. The van der Waals surface area contributed by atoms with Gasteiger partial charge in [0.25, 0.3) is 0 Å². The summed E-state index contributed by atoms with van der Waals surface area (Å²) in [5, 5.41) is 8.64. The molecule has 0 aliphatic carbocycles. The Bertz CT molecular complexity index is 456. The Balaban J connectivity index is 1.67. The molecular formula is C17H25N3O. The van der Waals surface area contributed by atoms with Crippen molar-refractivity contribution < 1.29 is 4.74 Å². The van der Waals surface area contributed by atoms with Crippen LogP contribution in [0, 0.1) is 11.3 Å². The van der Waals surface area contributed by atoms with Crippen molar-refractivity contribution in [3.8, 4) is 11.8 Å². The number of hydrogen-bond acceptors (Lipinski definition) is 4. The van der Waals surface area contributed by atoms with E-state index in [1.807, 2.05) is 24.3 Å². The molecule has 1 aromatic carbocycles. The monoisotopic (exact) mass is 287 g/mol. The second-order valence-electron chi connectivity index (χ2n) is 5.80. The standard InChI is InChI=1S/C17H25N3O/c1-15(2)20-11-9-19(10-12-20)13-14-21-17-5-3-16(4-6-17)7-8-18/h3-6,15H,7,9-14H2,1-2H3. The molecule has 4 heteroatoms. The molecule has 0 N–H and O–H groups in total. The van der Waals surface area contributed by atoms with Crippen molar-refractivity contribution in [2.24, 2.45) is 0 Å². The minimum atomic E-state index is 0.459. The van der Waals surface area contributed by atoms with Crippen LogP contribution in [-0.2, 0) is 6.42 Å². The van der Waals surface area contributed by atoms with Crippen LogP contribution in [-0.4, -0.2) is 55.2 Å². The Morgan fingerprint density at radius 1 is 1.14 bits per heavy atom. The van der Waals surface area contributed by atoms with Crippen LogP contribution in [0.2, 0.25) is 0 Å². The molecule has 2 rings (SSSR count). The van der Waals surface area contributed by atoms with Gasteiger partial charge in [0.05, 0.1) is 12.5 Å². The average Bonchev–Trinajstić information content (AvgIpc) is 2.50. The maximum absolute atomic E-state index is 8.64. The first kappa shape index (κ1) is 15.8. The largest absolute Gasteiger partial charge is 0.492 e. The predicted octanol–water partition coefficient (Wildman–Crippen LogP) is 2.16. The fourth-order valence-electron chi connectivity index (χ4n) is 2.59. The third-order valence-electron chi connectivity index (χ3n) is 4.02. The third-order valence-corrected chi connectivity index (χ3v) is 4.02. The summed E-state index contributed by atoms with van der Waals surface area (Å²) in [5.41, 5.74) is 1.04. The summed E-state index contributed by atoms with van der Waals surface area (Å²) < 4.78 is 5.78. The fourth-order valence-corrected chi connectivity index (χ4v) is 2.59.